The van der Waals surface area contributed by atoms with Crippen LogP contribution in [-0.4, -0.2) is 0 Å². The first-order valence-electron chi connectivity index (χ1n) is 5.82. The zero-order valence-corrected chi connectivity index (χ0v) is 15.1. The first kappa shape index (κ1) is 13.3. The maximum atomic E-state index is 3.67. The molecular formula is C13H11Br3NS+. The van der Waals surface area contributed by atoms with Gasteiger partial charge >= 0.3 is 0 Å². The summed E-state index contributed by atoms with van der Waals surface area (Å²) in [6.45, 7) is 0. The fourth-order valence-corrected chi connectivity index (χ4v) is 6.08. The van der Waals surface area contributed by atoms with Crippen LogP contribution in [0, 0.1) is 0 Å². The van der Waals surface area contributed by atoms with Gasteiger partial charge in [0.25, 0.3) is 0 Å². The lowest BCUT2D eigenvalue weighted by Gasteiger charge is -2.08. The van der Waals surface area contributed by atoms with Gasteiger partial charge in [-0.25, -0.2) is 0 Å². The van der Waals surface area contributed by atoms with Crippen LogP contribution in [0.4, 0.5) is 0 Å². The Hall–Kier alpha value is 0.290. The standard InChI is InChI=1S/C13H11Br3NS/c14-8-5-9(15)13(10(16)6-8)17-7-18-12-4-2-1-3-11(12)17/h5-7H,1-4H2/q+1. The Labute approximate surface area is 136 Å². The molecular weight excluding hydrogens is 442 g/mol. The molecule has 5 heteroatoms. The van der Waals surface area contributed by atoms with E-state index in [1.807, 2.05) is 11.3 Å². The first-order valence-corrected chi connectivity index (χ1v) is 9.08. The third-order valence-corrected chi connectivity index (χ3v) is 5.91. The summed E-state index contributed by atoms with van der Waals surface area (Å²) in [5, 5.41) is 0. The second kappa shape index (κ2) is 5.35. The van der Waals surface area contributed by atoms with Gasteiger partial charge in [-0.05, 0) is 63.3 Å². The van der Waals surface area contributed by atoms with Gasteiger partial charge < -0.3 is 0 Å². The van der Waals surface area contributed by atoms with Gasteiger partial charge in [0.2, 0.25) is 16.9 Å². The summed E-state index contributed by atoms with van der Waals surface area (Å²) in [5.74, 6) is 0. The molecule has 18 heavy (non-hydrogen) atoms. The van der Waals surface area contributed by atoms with E-state index in [4.69, 9.17) is 0 Å². The number of thiazole rings is 1. The third kappa shape index (κ3) is 2.35. The molecule has 0 amide bonds. The van der Waals surface area contributed by atoms with E-state index in [0.29, 0.717) is 0 Å². The zero-order valence-electron chi connectivity index (χ0n) is 9.55. The van der Waals surface area contributed by atoms with E-state index in [-0.39, 0.29) is 0 Å². The average Bonchev–Trinajstić information content (AvgIpc) is 2.72. The molecule has 0 spiro atoms. The van der Waals surface area contributed by atoms with Crippen molar-refractivity contribution in [1.29, 1.82) is 0 Å². The summed E-state index contributed by atoms with van der Waals surface area (Å²) in [5.41, 5.74) is 4.92. The molecule has 94 valence electrons. The number of hydrogen-bond acceptors (Lipinski definition) is 1. The van der Waals surface area contributed by atoms with E-state index in [1.54, 1.807) is 4.88 Å². The number of nitrogens with zero attached hydrogens (tertiary/aromatic N) is 1. The van der Waals surface area contributed by atoms with Crippen molar-refractivity contribution < 1.29 is 4.57 Å². The first-order chi connectivity index (χ1) is 8.66. The predicted molar refractivity (Wildman–Crippen MR) is 85.6 cm³/mol. The van der Waals surface area contributed by atoms with Gasteiger partial charge in [0.05, 0.1) is 13.8 Å². The lowest BCUT2D eigenvalue weighted by atomic mass is 10.0. The molecule has 1 heterocycles. The number of benzene rings is 1. The number of hydrogen-bond donors (Lipinski definition) is 0. The fourth-order valence-electron chi connectivity index (χ4n) is 2.38. The molecule has 0 bridgehead atoms. The molecule has 1 aliphatic rings. The van der Waals surface area contributed by atoms with Crippen molar-refractivity contribution in [1.82, 2.24) is 0 Å². The number of aryl methyl sites for hydroxylation is 1. The third-order valence-electron chi connectivity index (χ3n) is 3.20. The number of aromatic nitrogens is 1. The second-order valence-electron chi connectivity index (χ2n) is 4.39. The van der Waals surface area contributed by atoms with Gasteiger partial charge in [0.15, 0.2) is 0 Å². The number of halogens is 3. The minimum Gasteiger partial charge on any atom is -0.152 e. The van der Waals surface area contributed by atoms with E-state index >= 15 is 0 Å². The van der Waals surface area contributed by atoms with Gasteiger partial charge in [0.1, 0.15) is 0 Å². The van der Waals surface area contributed by atoms with Crippen LogP contribution >= 0.6 is 59.1 Å². The van der Waals surface area contributed by atoms with E-state index < -0.39 is 0 Å². The van der Waals surface area contributed by atoms with Crippen LogP contribution in [0.5, 0.6) is 0 Å². The van der Waals surface area contributed by atoms with Gasteiger partial charge in [-0.1, -0.05) is 27.3 Å². The highest BCUT2D eigenvalue weighted by Gasteiger charge is 2.27. The summed E-state index contributed by atoms with van der Waals surface area (Å²) in [6.07, 6.45) is 5.05. The van der Waals surface area contributed by atoms with Gasteiger partial charge in [0, 0.05) is 10.9 Å². The van der Waals surface area contributed by atoms with E-state index in [1.165, 1.54) is 37.1 Å². The molecule has 0 N–H and O–H groups in total. The maximum Gasteiger partial charge on any atom is 0.240 e. The quantitative estimate of drug-likeness (QED) is 0.524. The largest absolute Gasteiger partial charge is 0.240 e. The van der Waals surface area contributed by atoms with Crippen molar-refractivity contribution in [3.63, 3.8) is 0 Å². The Morgan fingerprint density at radius 3 is 2.39 bits per heavy atom. The topological polar surface area (TPSA) is 3.88 Å². The molecule has 0 saturated carbocycles. The normalized spacial score (nSPS) is 14.6. The summed E-state index contributed by atoms with van der Waals surface area (Å²) >= 11 is 12.7. The highest BCUT2D eigenvalue weighted by molar-refractivity contribution is 9.11. The lowest BCUT2D eigenvalue weighted by molar-refractivity contribution is -0.600. The molecule has 0 fully saturated rings. The molecule has 3 rings (SSSR count). The Morgan fingerprint density at radius 1 is 1.00 bits per heavy atom. The maximum absolute atomic E-state index is 3.67. The fraction of sp³-hybridized carbons (Fsp3) is 0.308. The molecule has 1 aromatic carbocycles. The minimum absolute atomic E-state index is 1.08. The SMILES string of the molecule is Brc1cc(Br)c(-[n+]2csc3c2CCCC3)c(Br)c1. The van der Waals surface area contributed by atoms with Crippen LogP contribution in [0.15, 0.2) is 31.1 Å². The van der Waals surface area contributed by atoms with Gasteiger partial charge in [-0.2, -0.15) is 4.57 Å². The molecule has 0 aliphatic heterocycles. The monoisotopic (exact) mass is 450 g/mol. The van der Waals surface area contributed by atoms with Crippen LogP contribution in [0.25, 0.3) is 5.69 Å². The molecule has 1 aromatic heterocycles. The van der Waals surface area contributed by atoms with Crippen LogP contribution in [0.2, 0.25) is 0 Å². The van der Waals surface area contributed by atoms with Crippen LogP contribution in [0.3, 0.4) is 0 Å². The summed E-state index contributed by atoms with van der Waals surface area (Å²) in [6, 6.07) is 4.19. The average molecular weight is 453 g/mol. The molecule has 2 aromatic rings. The van der Waals surface area contributed by atoms with Gasteiger partial charge in [-0.15, -0.1) is 0 Å². The molecule has 1 nitrogen and oxygen atoms in total. The highest BCUT2D eigenvalue weighted by Crippen LogP contribution is 2.32. The van der Waals surface area contributed by atoms with Crippen molar-refractivity contribution in [3.8, 4) is 5.69 Å². The van der Waals surface area contributed by atoms with Crippen molar-refractivity contribution in [3.05, 3.63) is 41.6 Å². The van der Waals surface area contributed by atoms with Crippen LogP contribution < -0.4 is 4.57 Å². The molecule has 1 aliphatic carbocycles. The molecule has 0 radical (unpaired) electrons. The van der Waals surface area contributed by atoms with E-state index in [9.17, 15) is 0 Å². The predicted octanol–water partition coefficient (Wildman–Crippen LogP) is 5.19. The zero-order chi connectivity index (χ0) is 12.7. The van der Waals surface area contributed by atoms with Crippen LogP contribution in [-0.2, 0) is 12.8 Å². The van der Waals surface area contributed by atoms with Crippen molar-refractivity contribution in [2.75, 3.05) is 0 Å². The summed E-state index contributed by atoms with van der Waals surface area (Å²) in [7, 11) is 0. The Balaban J connectivity index is 2.18. The van der Waals surface area contributed by atoms with E-state index in [0.717, 1.165) is 13.4 Å². The van der Waals surface area contributed by atoms with Gasteiger partial charge in [-0.3, -0.25) is 0 Å². The Bertz CT molecular complexity index is 583. The smallest absolute Gasteiger partial charge is 0.152 e. The molecule has 0 atom stereocenters. The van der Waals surface area contributed by atoms with Crippen molar-refractivity contribution >= 4 is 59.1 Å². The minimum atomic E-state index is 1.08. The summed E-state index contributed by atoms with van der Waals surface area (Å²) in [4.78, 5) is 1.54. The van der Waals surface area contributed by atoms with Crippen LogP contribution in [0.1, 0.15) is 23.4 Å². The van der Waals surface area contributed by atoms with E-state index in [2.05, 4.69) is 70.0 Å². The Kier molecular flexibility index (Phi) is 3.95. The highest BCUT2D eigenvalue weighted by atomic mass is 79.9. The number of rotatable bonds is 1. The molecule has 0 unspecified atom stereocenters. The molecule has 0 saturated heterocycles. The lowest BCUT2D eigenvalue weighted by Crippen LogP contribution is -2.35. The van der Waals surface area contributed by atoms with Crippen molar-refractivity contribution in [2.45, 2.75) is 25.7 Å². The second-order valence-corrected chi connectivity index (χ2v) is 7.95. The van der Waals surface area contributed by atoms with Crippen molar-refractivity contribution in [2.24, 2.45) is 0 Å². The Morgan fingerprint density at radius 2 is 1.67 bits per heavy atom. The number of fused-ring (bicyclic) bond motifs is 1. The summed E-state index contributed by atoms with van der Waals surface area (Å²) < 4.78 is 5.63.